The van der Waals surface area contributed by atoms with Crippen LogP contribution in [0.15, 0.2) is 18.2 Å². The minimum atomic E-state index is -3.71. The molecule has 0 N–H and O–H groups in total. The van der Waals surface area contributed by atoms with Gasteiger partial charge in [0.1, 0.15) is 0 Å². The number of hydrogen-bond acceptors (Lipinski definition) is 5. The van der Waals surface area contributed by atoms with Crippen molar-refractivity contribution in [2.75, 3.05) is 12.4 Å². The van der Waals surface area contributed by atoms with E-state index in [1.165, 1.54) is 0 Å². The summed E-state index contributed by atoms with van der Waals surface area (Å²) in [6.07, 6.45) is 0. The Kier molecular flexibility index (Phi) is 4.93. The lowest BCUT2D eigenvalue weighted by molar-refractivity contribution is -0.385. The van der Waals surface area contributed by atoms with Gasteiger partial charge < -0.3 is 4.74 Å². The quantitative estimate of drug-likeness (QED) is 0.456. The van der Waals surface area contributed by atoms with Crippen LogP contribution in [0, 0.1) is 21.3 Å². The van der Waals surface area contributed by atoms with E-state index in [1.54, 1.807) is 13.8 Å². The minimum Gasteiger partial charge on any atom is -0.490 e. The largest absolute Gasteiger partial charge is 0.490 e. The summed E-state index contributed by atoms with van der Waals surface area (Å²) < 4.78 is 40.7. The fourth-order valence-electron chi connectivity index (χ4n) is 1.50. The second kappa shape index (κ2) is 5.92. The molecule has 6 nitrogen and oxygen atoms in total. The van der Waals surface area contributed by atoms with E-state index >= 15 is 0 Å². The van der Waals surface area contributed by atoms with Crippen LogP contribution in [0.1, 0.15) is 13.8 Å². The van der Waals surface area contributed by atoms with Gasteiger partial charge in [-0.2, -0.15) is 0 Å². The highest BCUT2D eigenvalue weighted by atomic mass is 35.7. The summed E-state index contributed by atoms with van der Waals surface area (Å²) in [6.45, 7) is 3.08. The van der Waals surface area contributed by atoms with E-state index in [-0.39, 0.29) is 18.1 Å². The van der Waals surface area contributed by atoms with Gasteiger partial charge in [0.15, 0.2) is 11.6 Å². The summed E-state index contributed by atoms with van der Waals surface area (Å²) >= 11 is 0. The van der Waals surface area contributed by atoms with Crippen LogP contribution in [0.3, 0.4) is 0 Å². The summed E-state index contributed by atoms with van der Waals surface area (Å²) in [5.41, 5.74) is -1.22. The number of hydrogen-bond donors (Lipinski definition) is 0. The second-order valence-electron chi connectivity index (χ2n) is 5.01. The van der Waals surface area contributed by atoms with Gasteiger partial charge >= 0.3 is 0 Å². The second-order valence-corrected chi connectivity index (χ2v) is 7.78. The van der Waals surface area contributed by atoms with Gasteiger partial charge in [0.05, 0.1) is 23.3 Å². The SMILES string of the molecule is CC(C)(COc1ccc([N+](=O)[O-])cc1F)CS(=O)(=O)Cl. The Balaban J connectivity index is 2.78. The molecule has 0 saturated heterocycles. The molecule has 0 aliphatic carbocycles. The van der Waals surface area contributed by atoms with Crippen LogP contribution in [-0.2, 0) is 9.05 Å². The molecule has 0 amide bonds. The number of benzene rings is 1. The van der Waals surface area contributed by atoms with Gasteiger partial charge in [-0.3, -0.25) is 10.1 Å². The van der Waals surface area contributed by atoms with Crippen LogP contribution >= 0.6 is 10.7 Å². The molecule has 20 heavy (non-hydrogen) atoms. The van der Waals surface area contributed by atoms with Gasteiger partial charge in [-0.15, -0.1) is 0 Å². The van der Waals surface area contributed by atoms with Crippen LogP contribution in [0.25, 0.3) is 0 Å². The lowest BCUT2D eigenvalue weighted by Gasteiger charge is -2.23. The van der Waals surface area contributed by atoms with Crippen molar-refractivity contribution < 1.29 is 22.5 Å². The van der Waals surface area contributed by atoms with E-state index < -0.39 is 30.9 Å². The molecule has 1 aromatic carbocycles. The van der Waals surface area contributed by atoms with Crippen molar-refractivity contribution >= 4 is 25.4 Å². The maximum Gasteiger partial charge on any atom is 0.272 e. The first kappa shape index (κ1) is 16.6. The fourth-order valence-corrected chi connectivity index (χ4v) is 3.40. The lowest BCUT2D eigenvalue weighted by atomic mass is 9.98. The number of rotatable bonds is 6. The summed E-state index contributed by atoms with van der Waals surface area (Å²) in [5.74, 6) is -1.41. The predicted octanol–water partition coefficient (Wildman–Crippen LogP) is 2.71. The Morgan fingerprint density at radius 1 is 1.45 bits per heavy atom. The standard InChI is InChI=1S/C11H13ClFNO5S/c1-11(2,7-20(12,17)18)6-19-10-4-3-8(14(15)16)5-9(10)13/h3-5H,6-7H2,1-2H3. The summed E-state index contributed by atoms with van der Waals surface area (Å²) in [7, 11) is 1.45. The third-order valence-electron chi connectivity index (χ3n) is 2.31. The van der Waals surface area contributed by atoms with Crippen molar-refractivity contribution in [3.63, 3.8) is 0 Å². The maximum atomic E-state index is 13.5. The van der Waals surface area contributed by atoms with Crippen molar-refractivity contribution in [2.45, 2.75) is 13.8 Å². The topological polar surface area (TPSA) is 86.5 Å². The zero-order valence-electron chi connectivity index (χ0n) is 10.8. The molecule has 0 spiro atoms. The number of nitro benzene ring substituents is 1. The lowest BCUT2D eigenvalue weighted by Crippen LogP contribution is -2.28. The first-order valence-electron chi connectivity index (χ1n) is 5.49. The molecule has 0 radical (unpaired) electrons. The highest BCUT2D eigenvalue weighted by molar-refractivity contribution is 8.13. The van der Waals surface area contributed by atoms with Gasteiger partial charge in [0.25, 0.3) is 5.69 Å². The molecule has 0 atom stereocenters. The molecule has 1 aromatic rings. The Labute approximate surface area is 120 Å². The molecule has 0 aromatic heterocycles. The predicted molar refractivity (Wildman–Crippen MR) is 72.0 cm³/mol. The van der Waals surface area contributed by atoms with Gasteiger partial charge in [0.2, 0.25) is 9.05 Å². The van der Waals surface area contributed by atoms with E-state index in [2.05, 4.69) is 0 Å². The summed E-state index contributed by atoms with van der Waals surface area (Å²) in [5, 5.41) is 10.5. The van der Waals surface area contributed by atoms with Crippen LogP contribution in [0.2, 0.25) is 0 Å². The molecular weight excluding hydrogens is 313 g/mol. The monoisotopic (exact) mass is 325 g/mol. The third-order valence-corrected chi connectivity index (χ3v) is 3.76. The third kappa shape index (κ3) is 5.30. The van der Waals surface area contributed by atoms with E-state index in [0.717, 1.165) is 18.2 Å². The normalized spacial score (nSPS) is 12.2. The maximum absolute atomic E-state index is 13.5. The van der Waals surface area contributed by atoms with Crippen molar-refractivity contribution in [3.8, 4) is 5.75 Å². The number of non-ortho nitro benzene ring substituents is 1. The smallest absolute Gasteiger partial charge is 0.272 e. The van der Waals surface area contributed by atoms with Gasteiger partial charge in [0, 0.05) is 22.2 Å². The van der Waals surface area contributed by atoms with Crippen molar-refractivity contribution in [1.29, 1.82) is 0 Å². The number of halogens is 2. The average molecular weight is 326 g/mol. The van der Waals surface area contributed by atoms with Crippen molar-refractivity contribution in [2.24, 2.45) is 5.41 Å². The van der Waals surface area contributed by atoms with Crippen LogP contribution in [0.4, 0.5) is 10.1 Å². The minimum absolute atomic E-state index is 0.103. The fraction of sp³-hybridized carbons (Fsp3) is 0.455. The first-order valence-corrected chi connectivity index (χ1v) is 7.97. The summed E-state index contributed by atoms with van der Waals surface area (Å²) in [6, 6.07) is 2.96. The zero-order chi connectivity index (χ0) is 15.6. The highest BCUT2D eigenvalue weighted by Crippen LogP contribution is 2.26. The molecule has 0 aliphatic rings. The Morgan fingerprint density at radius 2 is 2.05 bits per heavy atom. The molecule has 0 bridgehead atoms. The Morgan fingerprint density at radius 3 is 2.50 bits per heavy atom. The van der Waals surface area contributed by atoms with Gasteiger partial charge in [-0.05, 0) is 6.07 Å². The molecule has 0 fully saturated rings. The van der Waals surface area contributed by atoms with E-state index in [9.17, 15) is 22.9 Å². The molecule has 0 unspecified atom stereocenters. The molecule has 0 heterocycles. The highest BCUT2D eigenvalue weighted by Gasteiger charge is 2.26. The molecule has 1 rings (SSSR count). The van der Waals surface area contributed by atoms with Gasteiger partial charge in [-0.1, -0.05) is 13.8 Å². The molecule has 0 saturated carbocycles. The first-order chi connectivity index (χ1) is 9.00. The van der Waals surface area contributed by atoms with Crippen molar-refractivity contribution in [3.05, 3.63) is 34.1 Å². The zero-order valence-corrected chi connectivity index (χ0v) is 12.4. The number of nitro groups is 1. The molecule has 112 valence electrons. The van der Waals surface area contributed by atoms with Gasteiger partial charge in [-0.25, -0.2) is 12.8 Å². The van der Waals surface area contributed by atoms with E-state index in [0.29, 0.717) is 0 Å². The number of nitrogens with zero attached hydrogens (tertiary/aromatic N) is 1. The molecule has 9 heteroatoms. The molecule has 0 aliphatic heterocycles. The number of ether oxygens (including phenoxy) is 1. The van der Waals surface area contributed by atoms with Crippen LogP contribution in [0.5, 0.6) is 5.75 Å². The molecular formula is C11H13ClFNO5S. The summed E-state index contributed by atoms with van der Waals surface area (Å²) in [4.78, 5) is 9.73. The van der Waals surface area contributed by atoms with Crippen LogP contribution < -0.4 is 4.74 Å². The van der Waals surface area contributed by atoms with Crippen molar-refractivity contribution in [1.82, 2.24) is 0 Å². The average Bonchev–Trinajstić information content (AvgIpc) is 2.23. The van der Waals surface area contributed by atoms with Crippen LogP contribution in [-0.4, -0.2) is 25.7 Å². The van der Waals surface area contributed by atoms with E-state index in [1.807, 2.05) is 0 Å². The Bertz CT molecular complexity index is 617. The Hall–Kier alpha value is -1.41. The van der Waals surface area contributed by atoms with E-state index in [4.69, 9.17) is 15.4 Å².